The third kappa shape index (κ3) is 3.12. The van der Waals surface area contributed by atoms with E-state index in [4.69, 9.17) is 9.47 Å². The van der Waals surface area contributed by atoms with Gasteiger partial charge in [-0.3, -0.25) is 4.68 Å². The number of halogens is 1. The van der Waals surface area contributed by atoms with Gasteiger partial charge in [-0.1, -0.05) is 6.92 Å². The zero-order valence-corrected chi connectivity index (χ0v) is 12.3. The van der Waals surface area contributed by atoms with E-state index in [1.807, 2.05) is 11.7 Å². The van der Waals surface area contributed by atoms with Crippen molar-refractivity contribution >= 4 is 15.9 Å². The van der Waals surface area contributed by atoms with E-state index in [2.05, 4.69) is 28.0 Å². The van der Waals surface area contributed by atoms with Gasteiger partial charge in [-0.05, 0) is 22.4 Å². The van der Waals surface area contributed by atoms with Crippen molar-refractivity contribution < 1.29 is 14.6 Å². The van der Waals surface area contributed by atoms with E-state index in [1.54, 1.807) is 0 Å². The number of aliphatic hydroxyl groups is 1. The first-order valence-corrected chi connectivity index (χ1v) is 7.02. The number of aliphatic hydroxyl groups excluding tert-OH is 1. The van der Waals surface area contributed by atoms with Crippen molar-refractivity contribution in [3.63, 3.8) is 0 Å². The number of nitrogens with zero attached hydrogens (tertiary/aromatic N) is 2. The van der Waals surface area contributed by atoms with Crippen LogP contribution in [0.5, 0.6) is 0 Å². The number of aromatic nitrogens is 2. The Morgan fingerprint density at radius 2 is 2.17 bits per heavy atom. The number of aryl methyl sites for hydroxylation is 2. The van der Waals surface area contributed by atoms with Crippen LogP contribution in [-0.4, -0.2) is 40.5 Å². The molecule has 102 valence electrons. The Morgan fingerprint density at radius 1 is 1.50 bits per heavy atom. The first kappa shape index (κ1) is 14.0. The van der Waals surface area contributed by atoms with E-state index in [9.17, 15) is 5.11 Å². The van der Waals surface area contributed by atoms with E-state index in [-0.39, 0.29) is 6.29 Å². The van der Waals surface area contributed by atoms with Crippen molar-refractivity contribution in [1.29, 1.82) is 0 Å². The molecule has 1 aliphatic heterocycles. The summed E-state index contributed by atoms with van der Waals surface area (Å²) in [4.78, 5) is 0. The molecule has 2 rings (SSSR count). The van der Waals surface area contributed by atoms with Crippen molar-refractivity contribution in [2.75, 3.05) is 13.2 Å². The lowest BCUT2D eigenvalue weighted by Crippen LogP contribution is -2.21. The molecule has 1 aromatic rings. The van der Waals surface area contributed by atoms with E-state index in [0.717, 1.165) is 22.3 Å². The van der Waals surface area contributed by atoms with Crippen molar-refractivity contribution in [3.05, 3.63) is 15.9 Å². The molecule has 1 atom stereocenters. The molecule has 1 saturated heterocycles. The van der Waals surface area contributed by atoms with Crippen LogP contribution in [0.3, 0.4) is 0 Å². The summed E-state index contributed by atoms with van der Waals surface area (Å²) in [5.41, 5.74) is 2.03. The van der Waals surface area contributed by atoms with E-state index >= 15 is 0 Å². The van der Waals surface area contributed by atoms with E-state index < -0.39 is 6.10 Å². The third-order valence-corrected chi connectivity index (χ3v) is 4.00. The molecule has 5 nitrogen and oxygen atoms in total. The third-order valence-electron chi connectivity index (χ3n) is 3.09. The number of hydrogen-bond acceptors (Lipinski definition) is 4. The van der Waals surface area contributed by atoms with Crippen LogP contribution in [0.25, 0.3) is 0 Å². The molecule has 0 aliphatic carbocycles. The molecule has 0 radical (unpaired) electrons. The van der Waals surface area contributed by atoms with Crippen LogP contribution in [0, 0.1) is 0 Å². The average molecular weight is 319 g/mol. The molecule has 1 N–H and O–H groups in total. The van der Waals surface area contributed by atoms with Crippen LogP contribution >= 0.6 is 15.9 Å². The van der Waals surface area contributed by atoms with Gasteiger partial charge in [0.25, 0.3) is 0 Å². The fourth-order valence-electron chi connectivity index (χ4n) is 2.11. The SMILES string of the molecule is CCc1nn(C)c(CC(O)CC2OCCO2)c1Br. The number of ether oxygens (including phenoxy) is 2. The Morgan fingerprint density at radius 3 is 2.72 bits per heavy atom. The quantitative estimate of drug-likeness (QED) is 0.892. The maximum absolute atomic E-state index is 10.1. The van der Waals surface area contributed by atoms with E-state index in [1.165, 1.54) is 0 Å². The van der Waals surface area contributed by atoms with Crippen LogP contribution in [-0.2, 0) is 29.4 Å². The van der Waals surface area contributed by atoms with Gasteiger partial charge < -0.3 is 14.6 Å². The molecule has 18 heavy (non-hydrogen) atoms. The summed E-state index contributed by atoms with van der Waals surface area (Å²) in [7, 11) is 1.90. The Hall–Kier alpha value is -0.430. The lowest BCUT2D eigenvalue weighted by atomic mass is 10.1. The standard InChI is InChI=1S/C12H19BrN2O3/c1-3-9-12(13)10(15(2)14-9)6-8(16)7-11-17-4-5-18-11/h8,11,16H,3-7H2,1-2H3. The second-order valence-electron chi connectivity index (χ2n) is 4.45. The van der Waals surface area contributed by atoms with Crippen molar-refractivity contribution in [2.45, 2.75) is 38.6 Å². The zero-order chi connectivity index (χ0) is 13.1. The molecule has 0 bridgehead atoms. The highest BCUT2D eigenvalue weighted by atomic mass is 79.9. The van der Waals surface area contributed by atoms with Gasteiger partial charge in [-0.15, -0.1) is 0 Å². The molecule has 0 saturated carbocycles. The van der Waals surface area contributed by atoms with Gasteiger partial charge in [0.2, 0.25) is 0 Å². The highest BCUT2D eigenvalue weighted by molar-refractivity contribution is 9.10. The Kier molecular flexibility index (Phi) is 4.77. The molecule has 1 aliphatic rings. The minimum Gasteiger partial charge on any atom is -0.393 e. The first-order chi connectivity index (χ1) is 8.61. The lowest BCUT2D eigenvalue weighted by molar-refractivity contribution is -0.0700. The predicted octanol–water partition coefficient (Wildman–Crippen LogP) is 1.41. The normalized spacial score (nSPS) is 18.4. The molecular weight excluding hydrogens is 300 g/mol. The predicted molar refractivity (Wildman–Crippen MR) is 70.3 cm³/mol. The van der Waals surface area contributed by atoms with Crippen molar-refractivity contribution in [2.24, 2.45) is 7.05 Å². The summed E-state index contributed by atoms with van der Waals surface area (Å²) in [5, 5.41) is 14.5. The van der Waals surface area contributed by atoms with Gasteiger partial charge in [0.15, 0.2) is 6.29 Å². The number of rotatable bonds is 5. The first-order valence-electron chi connectivity index (χ1n) is 6.23. The molecule has 6 heteroatoms. The van der Waals surface area contributed by atoms with Gasteiger partial charge in [0.1, 0.15) is 0 Å². The summed E-state index contributed by atoms with van der Waals surface area (Å²) in [5.74, 6) is 0. The van der Waals surface area contributed by atoms with Gasteiger partial charge in [-0.25, -0.2) is 0 Å². The molecule has 0 aromatic carbocycles. The Labute approximate surface area is 115 Å². The summed E-state index contributed by atoms with van der Waals surface area (Å²) in [6.45, 7) is 3.30. The molecule has 2 heterocycles. The van der Waals surface area contributed by atoms with Gasteiger partial charge in [0.05, 0.1) is 35.2 Å². The maximum atomic E-state index is 10.1. The highest BCUT2D eigenvalue weighted by Gasteiger charge is 2.22. The lowest BCUT2D eigenvalue weighted by Gasteiger charge is -2.15. The second-order valence-corrected chi connectivity index (χ2v) is 5.24. The van der Waals surface area contributed by atoms with Crippen LogP contribution in [0.2, 0.25) is 0 Å². The summed E-state index contributed by atoms with van der Waals surface area (Å²) in [6.07, 6.45) is 1.17. The average Bonchev–Trinajstić information content (AvgIpc) is 2.92. The second kappa shape index (κ2) is 6.14. The zero-order valence-electron chi connectivity index (χ0n) is 10.7. The molecule has 1 unspecified atom stereocenters. The highest BCUT2D eigenvalue weighted by Crippen LogP contribution is 2.24. The molecule has 1 aromatic heterocycles. The minimum absolute atomic E-state index is 0.266. The summed E-state index contributed by atoms with van der Waals surface area (Å²) < 4.78 is 13.5. The molecule has 0 amide bonds. The molecular formula is C12H19BrN2O3. The molecule has 0 spiro atoms. The van der Waals surface area contributed by atoms with E-state index in [0.29, 0.717) is 26.1 Å². The van der Waals surface area contributed by atoms with Crippen LogP contribution in [0.4, 0.5) is 0 Å². The smallest absolute Gasteiger partial charge is 0.160 e. The topological polar surface area (TPSA) is 56.5 Å². The van der Waals surface area contributed by atoms with Gasteiger partial charge >= 0.3 is 0 Å². The minimum atomic E-state index is -0.482. The van der Waals surface area contributed by atoms with Gasteiger partial charge in [-0.2, -0.15) is 5.10 Å². The largest absolute Gasteiger partial charge is 0.393 e. The number of hydrogen-bond donors (Lipinski definition) is 1. The maximum Gasteiger partial charge on any atom is 0.160 e. The van der Waals surface area contributed by atoms with Crippen molar-refractivity contribution in [3.8, 4) is 0 Å². The fourth-order valence-corrected chi connectivity index (χ4v) is 2.89. The Balaban J connectivity index is 1.97. The van der Waals surface area contributed by atoms with Crippen LogP contribution < -0.4 is 0 Å². The van der Waals surface area contributed by atoms with Gasteiger partial charge in [0, 0.05) is 19.9 Å². The van der Waals surface area contributed by atoms with Crippen molar-refractivity contribution in [1.82, 2.24) is 9.78 Å². The molecule has 1 fully saturated rings. The fraction of sp³-hybridized carbons (Fsp3) is 0.750. The summed E-state index contributed by atoms with van der Waals surface area (Å²) >= 11 is 3.55. The van der Waals surface area contributed by atoms with Crippen LogP contribution in [0.15, 0.2) is 4.47 Å². The monoisotopic (exact) mass is 318 g/mol. The van der Waals surface area contributed by atoms with Crippen LogP contribution in [0.1, 0.15) is 24.7 Å². The Bertz CT molecular complexity index is 402. The summed E-state index contributed by atoms with van der Waals surface area (Å²) in [6, 6.07) is 0.